The Kier molecular flexibility index (Phi) is 3.50. The molecule has 1 aromatic rings. The Morgan fingerprint density at radius 3 is 2.27 bits per heavy atom. The first-order chi connectivity index (χ1) is 6.79. The van der Waals surface area contributed by atoms with Crippen molar-refractivity contribution in [3.05, 3.63) is 28.8 Å². The van der Waals surface area contributed by atoms with Gasteiger partial charge in [-0.25, -0.2) is 0 Å². The van der Waals surface area contributed by atoms with Crippen LogP contribution in [0.15, 0.2) is 18.2 Å². The molecule has 0 unspecified atom stereocenters. The summed E-state index contributed by atoms with van der Waals surface area (Å²) in [5, 5.41) is 2.95. The number of hydrogen-bond acceptors (Lipinski definition) is 1. The lowest BCUT2D eigenvalue weighted by Crippen LogP contribution is -2.11. The van der Waals surface area contributed by atoms with Crippen molar-refractivity contribution in [3.63, 3.8) is 0 Å². The first-order valence-corrected chi connectivity index (χ1v) is 4.81. The van der Waals surface area contributed by atoms with Crippen molar-refractivity contribution in [2.24, 2.45) is 0 Å². The Balaban J connectivity index is 3.06. The maximum atomic E-state index is 12.4. The van der Waals surface area contributed by atoms with E-state index in [1.807, 2.05) is 13.8 Å². The van der Waals surface area contributed by atoms with Crippen LogP contribution in [-0.4, -0.2) is 6.04 Å². The average molecular weight is 238 g/mol. The maximum Gasteiger partial charge on any atom is 0.416 e. The van der Waals surface area contributed by atoms with Crippen molar-refractivity contribution in [1.82, 2.24) is 0 Å². The van der Waals surface area contributed by atoms with Crippen LogP contribution in [0.5, 0.6) is 0 Å². The van der Waals surface area contributed by atoms with Gasteiger partial charge < -0.3 is 5.32 Å². The highest BCUT2D eigenvalue weighted by atomic mass is 35.5. The summed E-state index contributed by atoms with van der Waals surface area (Å²) >= 11 is 5.60. The van der Waals surface area contributed by atoms with Crippen LogP contribution >= 0.6 is 11.6 Å². The van der Waals surface area contributed by atoms with Gasteiger partial charge in [-0.15, -0.1) is 0 Å². The summed E-state index contributed by atoms with van der Waals surface area (Å²) in [6, 6.07) is 3.49. The normalized spacial score (nSPS) is 11.9. The molecule has 0 aromatic heterocycles. The van der Waals surface area contributed by atoms with Crippen molar-refractivity contribution in [2.45, 2.75) is 26.1 Å². The molecule has 0 saturated heterocycles. The molecule has 0 atom stereocenters. The number of nitrogens with one attached hydrogen (secondary N) is 1. The van der Waals surface area contributed by atoms with Crippen LogP contribution in [0.2, 0.25) is 5.02 Å². The summed E-state index contributed by atoms with van der Waals surface area (Å²) in [5.74, 6) is 0. The fraction of sp³-hybridized carbons (Fsp3) is 0.400. The van der Waals surface area contributed by atoms with Gasteiger partial charge in [-0.2, -0.15) is 13.2 Å². The zero-order valence-electron chi connectivity index (χ0n) is 8.32. The molecule has 0 aliphatic heterocycles. The van der Waals surface area contributed by atoms with Crippen molar-refractivity contribution in [2.75, 3.05) is 5.32 Å². The van der Waals surface area contributed by atoms with Gasteiger partial charge in [0, 0.05) is 16.8 Å². The third kappa shape index (κ3) is 3.63. The predicted molar refractivity (Wildman–Crippen MR) is 55.2 cm³/mol. The summed E-state index contributed by atoms with van der Waals surface area (Å²) in [6.07, 6.45) is -4.36. The standard InChI is InChI=1S/C10H11ClF3N/c1-6(2)15-9-4-7(10(12,13)14)3-8(11)5-9/h3-6,15H,1-2H3. The molecular weight excluding hydrogens is 227 g/mol. The number of halogens is 4. The molecule has 0 saturated carbocycles. The van der Waals surface area contributed by atoms with Crippen LogP contribution in [-0.2, 0) is 6.18 Å². The second kappa shape index (κ2) is 4.31. The van der Waals surface area contributed by atoms with Crippen molar-refractivity contribution < 1.29 is 13.2 Å². The lowest BCUT2D eigenvalue weighted by Gasteiger charge is -2.13. The second-order valence-corrected chi connectivity index (χ2v) is 3.96. The van der Waals surface area contributed by atoms with E-state index in [0.29, 0.717) is 5.69 Å². The van der Waals surface area contributed by atoms with E-state index >= 15 is 0 Å². The molecule has 1 aromatic carbocycles. The fourth-order valence-corrected chi connectivity index (χ4v) is 1.41. The zero-order valence-corrected chi connectivity index (χ0v) is 9.08. The van der Waals surface area contributed by atoms with Gasteiger partial charge in [0.1, 0.15) is 0 Å². The maximum absolute atomic E-state index is 12.4. The Bertz CT molecular complexity index is 347. The SMILES string of the molecule is CC(C)Nc1cc(Cl)cc(C(F)(F)F)c1. The lowest BCUT2D eigenvalue weighted by atomic mass is 10.2. The fourth-order valence-electron chi connectivity index (χ4n) is 1.17. The summed E-state index contributed by atoms with van der Waals surface area (Å²) in [5.41, 5.74) is -0.358. The van der Waals surface area contributed by atoms with Gasteiger partial charge >= 0.3 is 6.18 Å². The quantitative estimate of drug-likeness (QED) is 0.814. The third-order valence-electron chi connectivity index (χ3n) is 1.68. The van der Waals surface area contributed by atoms with Gasteiger partial charge in [-0.1, -0.05) is 11.6 Å². The smallest absolute Gasteiger partial charge is 0.383 e. The van der Waals surface area contributed by atoms with Gasteiger partial charge in [0.25, 0.3) is 0 Å². The second-order valence-electron chi connectivity index (χ2n) is 3.53. The minimum atomic E-state index is -4.36. The molecule has 5 heteroatoms. The van der Waals surface area contributed by atoms with Crippen molar-refractivity contribution in [1.29, 1.82) is 0 Å². The molecule has 0 bridgehead atoms. The van der Waals surface area contributed by atoms with E-state index in [9.17, 15) is 13.2 Å². The molecule has 0 aliphatic rings. The molecule has 1 rings (SSSR count). The van der Waals surface area contributed by atoms with Gasteiger partial charge in [-0.05, 0) is 32.0 Å². The summed E-state index contributed by atoms with van der Waals surface area (Å²) < 4.78 is 37.2. The van der Waals surface area contributed by atoms with E-state index in [1.165, 1.54) is 6.07 Å². The summed E-state index contributed by atoms with van der Waals surface area (Å²) in [7, 11) is 0. The Morgan fingerprint density at radius 1 is 1.20 bits per heavy atom. The van der Waals surface area contributed by atoms with Gasteiger partial charge in [0.05, 0.1) is 5.56 Å². The molecule has 0 amide bonds. The minimum absolute atomic E-state index is 0.0598. The van der Waals surface area contributed by atoms with E-state index in [1.54, 1.807) is 0 Å². The van der Waals surface area contributed by atoms with E-state index in [2.05, 4.69) is 5.32 Å². The number of hydrogen-bond donors (Lipinski definition) is 1. The Hall–Kier alpha value is -0.900. The van der Waals surface area contributed by atoms with E-state index < -0.39 is 11.7 Å². The highest BCUT2D eigenvalue weighted by Gasteiger charge is 2.31. The molecule has 1 N–H and O–H groups in total. The number of anilines is 1. The molecule has 0 aliphatic carbocycles. The van der Waals surface area contributed by atoms with Crippen molar-refractivity contribution >= 4 is 17.3 Å². The highest BCUT2D eigenvalue weighted by molar-refractivity contribution is 6.30. The molecule has 15 heavy (non-hydrogen) atoms. The lowest BCUT2D eigenvalue weighted by molar-refractivity contribution is -0.137. The molecular formula is C10H11ClF3N. The van der Waals surface area contributed by atoms with Gasteiger partial charge in [0.15, 0.2) is 0 Å². The Labute approximate surface area is 91.2 Å². The minimum Gasteiger partial charge on any atom is -0.383 e. The number of rotatable bonds is 2. The predicted octanol–water partition coefficient (Wildman–Crippen LogP) is 4.18. The Morgan fingerprint density at radius 2 is 1.80 bits per heavy atom. The van der Waals surface area contributed by atoms with Gasteiger partial charge in [-0.3, -0.25) is 0 Å². The first kappa shape index (κ1) is 12.2. The molecule has 1 nitrogen and oxygen atoms in total. The molecule has 0 heterocycles. The zero-order chi connectivity index (χ0) is 11.6. The van der Waals surface area contributed by atoms with E-state index in [-0.39, 0.29) is 11.1 Å². The van der Waals surface area contributed by atoms with Crippen LogP contribution < -0.4 is 5.32 Å². The van der Waals surface area contributed by atoms with Crippen LogP contribution in [0, 0.1) is 0 Å². The van der Waals surface area contributed by atoms with Crippen molar-refractivity contribution in [3.8, 4) is 0 Å². The monoisotopic (exact) mass is 237 g/mol. The van der Waals surface area contributed by atoms with Crippen LogP contribution in [0.3, 0.4) is 0 Å². The first-order valence-electron chi connectivity index (χ1n) is 4.43. The van der Waals surface area contributed by atoms with E-state index in [4.69, 9.17) is 11.6 Å². The highest BCUT2D eigenvalue weighted by Crippen LogP contribution is 2.33. The van der Waals surface area contributed by atoms with Crippen LogP contribution in [0.1, 0.15) is 19.4 Å². The van der Waals surface area contributed by atoms with Gasteiger partial charge in [0.2, 0.25) is 0 Å². The largest absolute Gasteiger partial charge is 0.416 e. The third-order valence-corrected chi connectivity index (χ3v) is 1.90. The topological polar surface area (TPSA) is 12.0 Å². The van der Waals surface area contributed by atoms with E-state index in [0.717, 1.165) is 12.1 Å². The summed E-state index contributed by atoms with van der Waals surface area (Å²) in [4.78, 5) is 0. The van der Waals surface area contributed by atoms with Crippen LogP contribution in [0.4, 0.5) is 18.9 Å². The molecule has 84 valence electrons. The number of alkyl halides is 3. The molecule has 0 spiro atoms. The van der Waals surface area contributed by atoms with Crippen LogP contribution in [0.25, 0.3) is 0 Å². The average Bonchev–Trinajstić information content (AvgIpc) is 1.99. The summed E-state index contributed by atoms with van der Waals surface area (Å²) in [6.45, 7) is 3.68. The number of benzene rings is 1. The molecule has 0 fully saturated rings. The molecule has 0 radical (unpaired) electrons.